The summed E-state index contributed by atoms with van der Waals surface area (Å²) in [6.07, 6.45) is 3.25. The first-order chi connectivity index (χ1) is 7.97. The van der Waals surface area contributed by atoms with Gasteiger partial charge < -0.3 is 4.90 Å². The molecule has 0 radical (unpaired) electrons. The topological polar surface area (TPSA) is 44.1 Å². The Hall–Kier alpha value is -1.04. The normalized spacial score (nSPS) is 17.0. The third-order valence-corrected chi connectivity index (χ3v) is 3.29. The van der Waals surface area contributed by atoms with E-state index in [9.17, 15) is 4.79 Å². The fourth-order valence-electron chi connectivity index (χ4n) is 1.92. The average Bonchev–Trinajstić information content (AvgIpc) is 3.02. The van der Waals surface area contributed by atoms with E-state index in [1.54, 1.807) is 0 Å². The molecule has 0 spiro atoms. The van der Waals surface area contributed by atoms with Crippen molar-refractivity contribution in [1.82, 2.24) is 4.90 Å². The van der Waals surface area contributed by atoms with Crippen LogP contribution in [-0.4, -0.2) is 23.4 Å². The summed E-state index contributed by atoms with van der Waals surface area (Å²) in [6.45, 7) is 9.03. The minimum atomic E-state index is -0.470. The molecule has 1 saturated carbocycles. The van der Waals surface area contributed by atoms with Gasteiger partial charge in [0.2, 0.25) is 5.91 Å². The van der Waals surface area contributed by atoms with Crippen LogP contribution in [0.15, 0.2) is 0 Å². The Morgan fingerprint density at radius 3 is 2.29 bits per heavy atom. The second-order valence-electron chi connectivity index (χ2n) is 5.80. The summed E-state index contributed by atoms with van der Waals surface area (Å²) in [5.74, 6) is 0.282. The van der Waals surface area contributed by atoms with Gasteiger partial charge in [0, 0.05) is 12.6 Å². The van der Waals surface area contributed by atoms with E-state index in [0.717, 1.165) is 25.8 Å². The second kappa shape index (κ2) is 6.05. The van der Waals surface area contributed by atoms with Gasteiger partial charge in [-0.15, -0.1) is 0 Å². The first-order valence-electron chi connectivity index (χ1n) is 6.67. The highest BCUT2D eigenvalue weighted by molar-refractivity contribution is 5.82. The SMILES string of the molecule is CC(C)CCN(C(=O)C(C#N)C(C)C)C1CC1. The van der Waals surface area contributed by atoms with Crippen LogP contribution in [0.25, 0.3) is 0 Å². The lowest BCUT2D eigenvalue weighted by molar-refractivity contribution is -0.135. The van der Waals surface area contributed by atoms with Crippen molar-refractivity contribution < 1.29 is 4.79 Å². The molecule has 0 aromatic rings. The zero-order valence-corrected chi connectivity index (χ0v) is 11.4. The lowest BCUT2D eigenvalue weighted by atomic mass is 9.95. The van der Waals surface area contributed by atoms with E-state index < -0.39 is 5.92 Å². The van der Waals surface area contributed by atoms with E-state index in [1.807, 2.05) is 18.7 Å². The summed E-state index contributed by atoms with van der Waals surface area (Å²) < 4.78 is 0. The van der Waals surface area contributed by atoms with Gasteiger partial charge in [0.15, 0.2) is 0 Å². The quantitative estimate of drug-likeness (QED) is 0.711. The summed E-state index contributed by atoms with van der Waals surface area (Å²) in [4.78, 5) is 14.3. The molecule has 3 heteroatoms. The van der Waals surface area contributed by atoms with E-state index in [2.05, 4.69) is 19.9 Å². The van der Waals surface area contributed by atoms with Crippen molar-refractivity contribution in [3.63, 3.8) is 0 Å². The Bertz CT molecular complexity index is 300. The van der Waals surface area contributed by atoms with Crippen molar-refractivity contribution in [2.24, 2.45) is 17.8 Å². The van der Waals surface area contributed by atoms with Crippen molar-refractivity contribution in [3.05, 3.63) is 0 Å². The van der Waals surface area contributed by atoms with Crippen LogP contribution in [0.1, 0.15) is 47.0 Å². The van der Waals surface area contributed by atoms with Gasteiger partial charge in [-0.25, -0.2) is 0 Å². The maximum atomic E-state index is 12.3. The largest absolute Gasteiger partial charge is 0.339 e. The van der Waals surface area contributed by atoms with Gasteiger partial charge in [-0.2, -0.15) is 5.26 Å². The van der Waals surface area contributed by atoms with Gasteiger partial charge in [-0.05, 0) is 31.1 Å². The third kappa shape index (κ3) is 4.03. The molecule has 1 aliphatic rings. The second-order valence-corrected chi connectivity index (χ2v) is 5.80. The van der Waals surface area contributed by atoms with E-state index in [1.165, 1.54) is 0 Å². The van der Waals surface area contributed by atoms with E-state index in [-0.39, 0.29) is 11.8 Å². The van der Waals surface area contributed by atoms with Gasteiger partial charge >= 0.3 is 0 Å². The van der Waals surface area contributed by atoms with Crippen molar-refractivity contribution >= 4 is 5.91 Å². The predicted molar refractivity (Wildman–Crippen MR) is 68.1 cm³/mol. The monoisotopic (exact) mass is 236 g/mol. The van der Waals surface area contributed by atoms with Crippen LogP contribution in [0.5, 0.6) is 0 Å². The molecule has 0 aromatic carbocycles. The molecular formula is C14H24N2O. The maximum Gasteiger partial charge on any atom is 0.240 e. The number of carbonyl (C=O) groups is 1. The summed E-state index contributed by atoms with van der Waals surface area (Å²) in [5, 5.41) is 9.10. The Kier molecular flexibility index (Phi) is 4.99. The van der Waals surface area contributed by atoms with E-state index >= 15 is 0 Å². The lowest BCUT2D eigenvalue weighted by Crippen LogP contribution is -2.40. The average molecular weight is 236 g/mol. The summed E-state index contributed by atoms with van der Waals surface area (Å²) >= 11 is 0. The Labute approximate surface area is 105 Å². The highest BCUT2D eigenvalue weighted by Crippen LogP contribution is 2.29. The summed E-state index contributed by atoms with van der Waals surface area (Å²) in [7, 11) is 0. The van der Waals surface area contributed by atoms with Crippen molar-refractivity contribution in [3.8, 4) is 6.07 Å². The minimum absolute atomic E-state index is 0.0469. The molecule has 1 unspecified atom stereocenters. The van der Waals surface area contributed by atoms with Crippen LogP contribution < -0.4 is 0 Å². The Morgan fingerprint density at radius 1 is 1.35 bits per heavy atom. The van der Waals surface area contributed by atoms with Crippen molar-refractivity contribution in [2.45, 2.75) is 53.0 Å². The van der Waals surface area contributed by atoms with Crippen LogP contribution in [-0.2, 0) is 4.79 Å². The maximum absolute atomic E-state index is 12.3. The predicted octanol–water partition coefficient (Wildman–Crippen LogP) is 2.82. The molecule has 17 heavy (non-hydrogen) atoms. The first kappa shape index (κ1) is 14.0. The minimum Gasteiger partial charge on any atom is -0.339 e. The number of rotatable bonds is 6. The Morgan fingerprint density at radius 2 is 1.94 bits per heavy atom. The molecule has 0 aromatic heterocycles. The Balaban J connectivity index is 2.63. The molecule has 3 nitrogen and oxygen atoms in total. The first-order valence-corrected chi connectivity index (χ1v) is 6.67. The van der Waals surface area contributed by atoms with Gasteiger partial charge in [0.05, 0.1) is 6.07 Å². The number of hydrogen-bond acceptors (Lipinski definition) is 2. The van der Waals surface area contributed by atoms with Crippen LogP contribution >= 0.6 is 0 Å². The van der Waals surface area contributed by atoms with Crippen molar-refractivity contribution in [2.75, 3.05) is 6.54 Å². The van der Waals surface area contributed by atoms with Crippen LogP contribution in [0.4, 0.5) is 0 Å². The molecular weight excluding hydrogens is 212 g/mol. The summed E-state index contributed by atoms with van der Waals surface area (Å²) in [5.41, 5.74) is 0. The summed E-state index contributed by atoms with van der Waals surface area (Å²) in [6, 6.07) is 2.57. The molecule has 1 aliphatic carbocycles. The molecule has 1 atom stereocenters. The molecule has 0 N–H and O–H groups in total. The van der Waals surface area contributed by atoms with Gasteiger partial charge in [-0.1, -0.05) is 27.7 Å². The van der Waals surface area contributed by atoms with Crippen LogP contribution in [0.3, 0.4) is 0 Å². The molecule has 1 amide bonds. The number of nitriles is 1. The highest BCUT2D eigenvalue weighted by atomic mass is 16.2. The fraction of sp³-hybridized carbons (Fsp3) is 0.857. The molecule has 1 fully saturated rings. The van der Waals surface area contributed by atoms with Gasteiger partial charge in [0.1, 0.15) is 5.92 Å². The number of amides is 1. The molecule has 0 aliphatic heterocycles. The highest BCUT2D eigenvalue weighted by Gasteiger charge is 2.36. The molecule has 1 rings (SSSR count). The number of hydrogen-bond donors (Lipinski definition) is 0. The zero-order chi connectivity index (χ0) is 13.0. The van der Waals surface area contributed by atoms with Crippen LogP contribution in [0.2, 0.25) is 0 Å². The smallest absolute Gasteiger partial charge is 0.240 e. The molecule has 0 heterocycles. The molecule has 0 bridgehead atoms. The third-order valence-electron chi connectivity index (χ3n) is 3.29. The van der Waals surface area contributed by atoms with Crippen LogP contribution in [0, 0.1) is 29.1 Å². The molecule has 96 valence electrons. The standard InChI is InChI=1S/C14H24N2O/c1-10(2)7-8-16(12-5-6-12)14(17)13(9-15)11(3)4/h10-13H,5-8H2,1-4H3. The van der Waals surface area contributed by atoms with Crippen molar-refractivity contribution in [1.29, 1.82) is 5.26 Å². The van der Waals surface area contributed by atoms with Gasteiger partial charge in [0.25, 0.3) is 0 Å². The fourth-order valence-corrected chi connectivity index (χ4v) is 1.92. The van der Waals surface area contributed by atoms with Gasteiger partial charge in [-0.3, -0.25) is 4.79 Å². The zero-order valence-electron chi connectivity index (χ0n) is 11.4. The number of carbonyl (C=O) groups excluding carboxylic acids is 1. The molecule has 0 saturated heterocycles. The van der Waals surface area contributed by atoms with E-state index in [4.69, 9.17) is 5.26 Å². The van der Waals surface area contributed by atoms with E-state index in [0.29, 0.717) is 12.0 Å². The number of nitrogens with zero attached hydrogens (tertiary/aromatic N) is 2. The lowest BCUT2D eigenvalue weighted by Gasteiger charge is -2.26.